The van der Waals surface area contributed by atoms with Gasteiger partial charge in [-0.3, -0.25) is 9.59 Å². The Labute approximate surface area is 158 Å². The lowest BCUT2D eigenvalue weighted by Gasteiger charge is -2.14. The molecular formula is C20H23N3O4. The van der Waals surface area contributed by atoms with Crippen molar-refractivity contribution >= 4 is 23.6 Å². The Balaban J connectivity index is 1.60. The number of hydrogen-bond donors (Lipinski definition) is 3. The molecule has 27 heavy (non-hydrogen) atoms. The largest absolute Gasteiger partial charge is 0.456 e. The number of carbonyl (C=O) groups excluding carboxylic acids is 3. The van der Waals surface area contributed by atoms with Crippen molar-refractivity contribution in [3.05, 3.63) is 66.2 Å². The Morgan fingerprint density at radius 2 is 1.59 bits per heavy atom. The van der Waals surface area contributed by atoms with Crippen LogP contribution in [-0.2, 0) is 14.3 Å². The average molecular weight is 369 g/mol. The zero-order chi connectivity index (χ0) is 19.5. The summed E-state index contributed by atoms with van der Waals surface area (Å²) in [6, 6.07) is 17.8. The third kappa shape index (κ3) is 7.60. The second-order valence-corrected chi connectivity index (χ2v) is 5.86. The third-order valence-corrected chi connectivity index (χ3v) is 3.69. The molecule has 0 aliphatic carbocycles. The molecule has 3 N–H and O–H groups in total. The first-order chi connectivity index (χ1) is 13.0. The van der Waals surface area contributed by atoms with Crippen LogP contribution in [0.25, 0.3) is 0 Å². The van der Waals surface area contributed by atoms with Crippen LogP contribution in [0.3, 0.4) is 0 Å². The van der Waals surface area contributed by atoms with E-state index in [1.165, 1.54) is 0 Å². The highest BCUT2D eigenvalue weighted by atomic mass is 16.5. The van der Waals surface area contributed by atoms with E-state index >= 15 is 0 Å². The van der Waals surface area contributed by atoms with E-state index in [2.05, 4.69) is 16.0 Å². The summed E-state index contributed by atoms with van der Waals surface area (Å²) >= 11 is 0. The molecule has 2 aromatic carbocycles. The van der Waals surface area contributed by atoms with Gasteiger partial charge < -0.3 is 20.7 Å². The molecule has 0 aliphatic heterocycles. The smallest absolute Gasteiger partial charge is 0.319 e. The number of nitrogens with one attached hydrogen (secondary N) is 3. The van der Waals surface area contributed by atoms with Gasteiger partial charge in [-0.2, -0.15) is 0 Å². The summed E-state index contributed by atoms with van der Waals surface area (Å²) in [5.41, 5.74) is 1.62. The minimum absolute atomic E-state index is 0.0241. The molecule has 0 aromatic heterocycles. The van der Waals surface area contributed by atoms with Gasteiger partial charge in [0.25, 0.3) is 5.91 Å². The molecule has 7 heteroatoms. The number of rotatable bonds is 8. The predicted molar refractivity (Wildman–Crippen MR) is 102 cm³/mol. The van der Waals surface area contributed by atoms with Crippen LogP contribution in [0.2, 0.25) is 0 Å². The van der Waals surface area contributed by atoms with E-state index < -0.39 is 12.0 Å². The average Bonchev–Trinajstić information content (AvgIpc) is 2.68. The molecule has 1 atom stereocenters. The highest BCUT2D eigenvalue weighted by Gasteiger charge is 2.12. The number of esters is 1. The first kappa shape index (κ1) is 20.0. The van der Waals surface area contributed by atoms with Gasteiger partial charge in [0.2, 0.25) is 0 Å². The van der Waals surface area contributed by atoms with Crippen LogP contribution >= 0.6 is 0 Å². The Morgan fingerprint density at radius 1 is 0.963 bits per heavy atom. The van der Waals surface area contributed by atoms with E-state index in [1.807, 2.05) is 43.3 Å². The Morgan fingerprint density at radius 3 is 2.26 bits per heavy atom. The van der Waals surface area contributed by atoms with Gasteiger partial charge in [-0.1, -0.05) is 48.5 Å². The number of anilines is 1. The number of benzene rings is 2. The summed E-state index contributed by atoms with van der Waals surface area (Å²) in [6.07, 6.45) is -0.0241. The molecule has 0 fully saturated rings. The van der Waals surface area contributed by atoms with Crippen LogP contribution in [0.1, 0.15) is 24.9 Å². The van der Waals surface area contributed by atoms with E-state index in [0.717, 1.165) is 5.56 Å². The summed E-state index contributed by atoms with van der Waals surface area (Å²) in [7, 11) is 0. The van der Waals surface area contributed by atoms with Crippen LogP contribution < -0.4 is 16.0 Å². The zero-order valence-electron chi connectivity index (χ0n) is 15.1. The summed E-state index contributed by atoms with van der Waals surface area (Å²) in [5, 5.41) is 7.95. The van der Waals surface area contributed by atoms with E-state index in [-0.39, 0.29) is 31.5 Å². The number of ether oxygens (including phenoxy) is 1. The van der Waals surface area contributed by atoms with Gasteiger partial charge in [0.1, 0.15) is 0 Å². The van der Waals surface area contributed by atoms with Crippen molar-refractivity contribution in [2.24, 2.45) is 0 Å². The van der Waals surface area contributed by atoms with Crippen molar-refractivity contribution in [1.29, 1.82) is 0 Å². The normalized spacial score (nSPS) is 11.1. The third-order valence-electron chi connectivity index (χ3n) is 3.69. The summed E-state index contributed by atoms with van der Waals surface area (Å²) in [6.45, 7) is 1.61. The van der Waals surface area contributed by atoms with Gasteiger partial charge in [0.15, 0.2) is 6.61 Å². The predicted octanol–water partition coefficient (Wildman–Crippen LogP) is 2.62. The lowest BCUT2D eigenvalue weighted by molar-refractivity contribution is -0.148. The van der Waals surface area contributed by atoms with Crippen molar-refractivity contribution in [1.82, 2.24) is 10.6 Å². The minimum atomic E-state index is -0.558. The van der Waals surface area contributed by atoms with Crippen molar-refractivity contribution in [2.75, 3.05) is 18.5 Å². The first-order valence-electron chi connectivity index (χ1n) is 8.64. The van der Waals surface area contributed by atoms with Crippen LogP contribution in [0.15, 0.2) is 60.7 Å². The molecule has 0 aliphatic rings. The molecule has 0 saturated carbocycles. The number of carbonyl (C=O) groups is 3. The van der Waals surface area contributed by atoms with Gasteiger partial charge in [0.05, 0.1) is 12.5 Å². The Hall–Kier alpha value is -3.35. The van der Waals surface area contributed by atoms with Crippen molar-refractivity contribution in [3.63, 3.8) is 0 Å². The van der Waals surface area contributed by atoms with Gasteiger partial charge in [-0.15, -0.1) is 0 Å². The molecule has 142 valence electrons. The molecular weight excluding hydrogens is 346 g/mol. The van der Waals surface area contributed by atoms with Crippen LogP contribution in [0.4, 0.5) is 10.5 Å². The van der Waals surface area contributed by atoms with Gasteiger partial charge in [0, 0.05) is 12.2 Å². The van der Waals surface area contributed by atoms with Crippen LogP contribution in [0.5, 0.6) is 0 Å². The topological polar surface area (TPSA) is 96.5 Å². The lowest BCUT2D eigenvalue weighted by Crippen LogP contribution is -2.33. The standard InChI is InChI=1S/C20H23N3O4/c1-15(16-8-4-2-5-9-16)22-18(24)14-27-19(25)12-13-21-20(26)23-17-10-6-3-7-11-17/h2-11,15H,12-14H2,1H3,(H,22,24)(H2,21,23,26)/t15-/m1/s1. The quantitative estimate of drug-likeness (QED) is 0.623. The molecule has 0 spiro atoms. The fraction of sp³-hybridized carbons (Fsp3) is 0.250. The number of amides is 3. The number of urea groups is 1. The summed E-state index contributed by atoms with van der Waals surface area (Å²) in [5.74, 6) is -0.938. The molecule has 3 amide bonds. The zero-order valence-corrected chi connectivity index (χ0v) is 15.1. The highest BCUT2D eigenvalue weighted by molar-refractivity contribution is 5.89. The molecule has 0 heterocycles. The molecule has 2 aromatic rings. The Kier molecular flexibility index (Phi) is 7.84. The SMILES string of the molecule is C[C@@H](NC(=O)COC(=O)CCNC(=O)Nc1ccccc1)c1ccccc1. The maximum Gasteiger partial charge on any atom is 0.319 e. The van der Waals surface area contributed by atoms with Crippen molar-refractivity contribution < 1.29 is 19.1 Å². The fourth-order valence-electron chi connectivity index (χ4n) is 2.30. The van der Waals surface area contributed by atoms with E-state index in [0.29, 0.717) is 5.69 Å². The molecule has 0 saturated heterocycles. The second-order valence-electron chi connectivity index (χ2n) is 5.86. The number of para-hydroxylation sites is 1. The number of hydrogen-bond acceptors (Lipinski definition) is 4. The van der Waals surface area contributed by atoms with Gasteiger partial charge in [-0.25, -0.2) is 4.79 Å². The molecule has 0 radical (unpaired) electrons. The highest BCUT2D eigenvalue weighted by Crippen LogP contribution is 2.10. The fourth-order valence-corrected chi connectivity index (χ4v) is 2.30. The summed E-state index contributed by atoms with van der Waals surface area (Å²) in [4.78, 5) is 35.2. The van der Waals surface area contributed by atoms with Gasteiger partial charge in [-0.05, 0) is 24.6 Å². The lowest BCUT2D eigenvalue weighted by atomic mass is 10.1. The minimum Gasteiger partial charge on any atom is -0.456 e. The van der Waals surface area contributed by atoms with E-state index in [1.54, 1.807) is 24.3 Å². The molecule has 0 bridgehead atoms. The molecule has 2 rings (SSSR count). The second kappa shape index (κ2) is 10.6. The van der Waals surface area contributed by atoms with Crippen LogP contribution in [0, 0.1) is 0 Å². The van der Waals surface area contributed by atoms with Crippen LogP contribution in [-0.4, -0.2) is 31.1 Å². The van der Waals surface area contributed by atoms with Crippen molar-refractivity contribution in [3.8, 4) is 0 Å². The van der Waals surface area contributed by atoms with E-state index in [4.69, 9.17) is 4.74 Å². The Bertz CT molecular complexity index is 750. The first-order valence-corrected chi connectivity index (χ1v) is 8.64. The van der Waals surface area contributed by atoms with Crippen molar-refractivity contribution in [2.45, 2.75) is 19.4 Å². The monoisotopic (exact) mass is 369 g/mol. The molecule has 7 nitrogen and oxygen atoms in total. The maximum atomic E-state index is 11.8. The van der Waals surface area contributed by atoms with Gasteiger partial charge >= 0.3 is 12.0 Å². The maximum absolute atomic E-state index is 11.8. The molecule has 0 unspecified atom stereocenters. The summed E-state index contributed by atoms with van der Waals surface area (Å²) < 4.78 is 4.92. The van der Waals surface area contributed by atoms with E-state index in [9.17, 15) is 14.4 Å².